The fraction of sp³-hybridized carbons (Fsp3) is 0. The number of rotatable bonds is 4. The Morgan fingerprint density at radius 2 is 1.14 bits per heavy atom. The maximum Gasteiger partial charge on any atom is 0.227 e. The molecule has 9 rings (SSSR count). The van der Waals surface area contributed by atoms with E-state index in [-0.39, 0.29) is 0 Å². The van der Waals surface area contributed by atoms with Crippen LogP contribution in [0.15, 0.2) is 162 Å². The van der Waals surface area contributed by atoms with Crippen LogP contribution < -0.4 is 4.90 Å². The van der Waals surface area contributed by atoms with Gasteiger partial charge in [0.15, 0.2) is 0 Å². The van der Waals surface area contributed by atoms with Crippen LogP contribution in [0, 0.1) is 0 Å². The number of anilines is 3. The van der Waals surface area contributed by atoms with Crippen LogP contribution in [0.5, 0.6) is 0 Å². The third-order valence-corrected chi connectivity index (χ3v) is 8.71. The van der Waals surface area contributed by atoms with Crippen LogP contribution in [-0.2, 0) is 0 Å². The summed E-state index contributed by atoms with van der Waals surface area (Å²) in [6, 6.07) is 54.0. The fourth-order valence-corrected chi connectivity index (χ4v) is 6.64. The second-order valence-electron chi connectivity index (χ2n) is 11.2. The van der Waals surface area contributed by atoms with Gasteiger partial charge in [-0.3, -0.25) is 0 Å². The topological polar surface area (TPSA) is 29.3 Å². The van der Waals surface area contributed by atoms with E-state index in [4.69, 9.17) is 4.42 Å². The van der Waals surface area contributed by atoms with Crippen molar-refractivity contribution in [1.82, 2.24) is 4.98 Å². The molecular weight excluding hydrogens is 536 g/mol. The van der Waals surface area contributed by atoms with Gasteiger partial charge in [0, 0.05) is 17.6 Å². The van der Waals surface area contributed by atoms with Gasteiger partial charge >= 0.3 is 0 Å². The lowest BCUT2D eigenvalue weighted by Crippen LogP contribution is -2.10. The number of fused-ring (bicyclic) bond motifs is 8. The van der Waals surface area contributed by atoms with E-state index in [0.717, 1.165) is 33.4 Å². The fourth-order valence-electron chi connectivity index (χ4n) is 6.64. The van der Waals surface area contributed by atoms with Crippen molar-refractivity contribution in [3.8, 4) is 11.1 Å². The highest BCUT2D eigenvalue weighted by atomic mass is 16.3. The maximum absolute atomic E-state index is 6.14. The van der Waals surface area contributed by atoms with Crippen molar-refractivity contribution in [3.05, 3.63) is 158 Å². The Balaban J connectivity index is 1.15. The third kappa shape index (κ3) is 3.87. The molecule has 3 heteroatoms. The lowest BCUT2D eigenvalue weighted by Gasteiger charge is -2.26. The first-order valence-corrected chi connectivity index (χ1v) is 14.9. The second kappa shape index (κ2) is 9.82. The highest BCUT2D eigenvalue weighted by Crippen LogP contribution is 2.43. The first-order chi connectivity index (χ1) is 21.8. The number of hydrogen-bond acceptors (Lipinski definition) is 3. The standard InChI is InChI=1S/C41H26N2O/c1-2-9-31(10-3-1)43(38-13-6-14-39-40(38)37-12-7-25-42-41(37)44-39)32-20-15-27(16-21-32)29-18-22-34-30(26-29)19-24-35-33-11-5-4-8-28(33)17-23-36(34)35/h1-26H. The molecule has 0 saturated heterocycles. The van der Waals surface area contributed by atoms with Crippen molar-refractivity contribution >= 4 is 71.4 Å². The number of para-hydroxylation sites is 1. The molecule has 7 aromatic carbocycles. The van der Waals surface area contributed by atoms with E-state index in [1.165, 1.54) is 43.4 Å². The maximum atomic E-state index is 6.14. The number of furan rings is 1. The van der Waals surface area contributed by atoms with Gasteiger partial charge < -0.3 is 9.32 Å². The molecule has 0 atom stereocenters. The molecule has 0 saturated carbocycles. The minimum Gasteiger partial charge on any atom is -0.438 e. The predicted octanol–water partition coefficient (Wildman–Crippen LogP) is 11.6. The van der Waals surface area contributed by atoms with Gasteiger partial charge in [-0.15, -0.1) is 0 Å². The molecule has 0 spiro atoms. The minimum atomic E-state index is 0.649. The van der Waals surface area contributed by atoms with Crippen molar-refractivity contribution in [2.24, 2.45) is 0 Å². The van der Waals surface area contributed by atoms with Gasteiger partial charge in [0.25, 0.3) is 0 Å². The van der Waals surface area contributed by atoms with Gasteiger partial charge in [0.1, 0.15) is 5.58 Å². The quantitative estimate of drug-likeness (QED) is 0.200. The predicted molar refractivity (Wildman–Crippen MR) is 184 cm³/mol. The van der Waals surface area contributed by atoms with Crippen molar-refractivity contribution in [3.63, 3.8) is 0 Å². The van der Waals surface area contributed by atoms with E-state index in [1.807, 2.05) is 24.3 Å². The summed E-state index contributed by atoms with van der Waals surface area (Å²) in [6.07, 6.45) is 1.77. The Hall–Kier alpha value is -5.93. The normalized spacial score (nSPS) is 11.6. The second-order valence-corrected chi connectivity index (χ2v) is 11.2. The number of hydrogen-bond donors (Lipinski definition) is 0. The molecule has 0 radical (unpaired) electrons. The molecule has 3 nitrogen and oxygen atoms in total. The van der Waals surface area contributed by atoms with Gasteiger partial charge in [-0.2, -0.15) is 0 Å². The van der Waals surface area contributed by atoms with Crippen molar-refractivity contribution in [2.45, 2.75) is 0 Å². The van der Waals surface area contributed by atoms with E-state index in [0.29, 0.717) is 5.71 Å². The van der Waals surface area contributed by atoms with Crippen LogP contribution in [0.4, 0.5) is 17.1 Å². The monoisotopic (exact) mass is 562 g/mol. The number of nitrogens with zero attached hydrogens (tertiary/aromatic N) is 2. The van der Waals surface area contributed by atoms with E-state index < -0.39 is 0 Å². The van der Waals surface area contributed by atoms with Crippen LogP contribution in [0.1, 0.15) is 0 Å². The smallest absolute Gasteiger partial charge is 0.227 e. The molecule has 0 aliphatic heterocycles. The molecule has 0 unspecified atom stereocenters. The average Bonchev–Trinajstić information content (AvgIpc) is 3.48. The van der Waals surface area contributed by atoms with Crippen LogP contribution in [0.3, 0.4) is 0 Å². The molecule has 9 aromatic rings. The SMILES string of the molecule is c1ccc(N(c2ccc(-c3ccc4c(ccc5c6ccccc6ccc45)c3)cc2)c2cccc3oc4ncccc4c23)cc1. The van der Waals surface area contributed by atoms with Crippen molar-refractivity contribution in [2.75, 3.05) is 4.90 Å². The van der Waals surface area contributed by atoms with E-state index >= 15 is 0 Å². The van der Waals surface area contributed by atoms with Gasteiger partial charge in [-0.25, -0.2) is 4.98 Å². The summed E-state index contributed by atoms with van der Waals surface area (Å²) in [4.78, 5) is 6.77. The molecule has 44 heavy (non-hydrogen) atoms. The van der Waals surface area contributed by atoms with Gasteiger partial charge in [-0.1, -0.05) is 97.1 Å². The van der Waals surface area contributed by atoms with Gasteiger partial charge in [0.05, 0.1) is 16.5 Å². The summed E-state index contributed by atoms with van der Waals surface area (Å²) in [5.41, 5.74) is 7.06. The third-order valence-electron chi connectivity index (χ3n) is 8.71. The van der Waals surface area contributed by atoms with E-state index in [2.05, 4.69) is 137 Å². The lowest BCUT2D eigenvalue weighted by molar-refractivity contribution is 0.654. The zero-order valence-electron chi connectivity index (χ0n) is 23.8. The summed E-state index contributed by atoms with van der Waals surface area (Å²) in [5.74, 6) is 0. The zero-order valence-corrected chi connectivity index (χ0v) is 23.8. The van der Waals surface area contributed by atoms with E-state index in [1.54, 1.807) is 6.20 Å². The Bertz CT molecular complexity index is 2490. The Labute approximate surface area is 254 Å². The molecule has 0 aliphatic carbocycles. The van der Waals surface area contributed by atoms with E-state index in [9.17, 15) is 0 Å². The highest BCUT2D eigenvalue weighted by molar-refractivity contribution is 6.17. The summed E-state index contributed by atoms with van der Waals surface area (Å²) in [5, 5.41) is 9.73. The van der Waals surface area contributed by atoms with Crippen LogP contribution >= 0.6 is 0 Å². The van der Waals surface area contributed by atoms with Gasteiger partial charge in [0.2, 0.25) is 5.71 Å². The van der Waals surface area contributed by atoms with Crippen LogP contribution in [-0.4, -0.2) is 4.98 Å². The summed E-state index contributed by atoms with van der Waals surface area (Å²) in [6.45, 7) is 0. The molecule has 2 heterocycles. The molecule has 0 aliphatic rings. The summed E-state index contributed by atoms with van der Waals surface area (Å²) in [7, 11) is 0. The number of benzene rings is 7. The Morgan fingerprint density at radius 3 is 2.00 bits per heavy atom. The number of aromatic nitrogens is 1. The summed E-state index contributed by atoms with van der Waals surface area (Å²) >= 11 is 0. The zero-order chi connectivity index (χ0) is 29.0. The summed E-state index contributed by atoms with van der Waals surface area (Å²) < 4.78 is 6.14. The molecule has 206 valence electrons. The van der Waals surface area contributed by atoms with Crippen molar-refractivity contribution in [1.29, 1.82) is 0 Å². The Kier molecular flexibility index (Phi) is 5.50. The molecular formula is C41H26N2O. The minimum absolute atomic E-state index is 0.649. The molecule has 0 fully saturated rings. The average molecular weight is 563 g/mol. The lowest BCUT2D eigenvalue weighted by atomic mass is 9.95. The van der Waals surface area contributed by atoms with Gasteiger partial charge in [-0.05, 0) is 98.0 Å². The molecule has 0 amide bonds. The largest absolute Gasteiger partial charge is 0.438 e. The van der Waals surface area contributed by atoms with Crippen LogP contribution in [0.2, 0.25) is 0 Å². The Morgan fingerprint density at radius 1 is 0.455 bits per heavy atom. The molecule has 2 aromatic heterocycles. The molecule has 0 bridgehead atoms. The highest BCUT2D eigenvalue weighted by Gasteiger charge is 2.19. The van der Waals surface area contributed by atoms with Crippen molar-refractivity contribution < 1.29 is 4.42 Å². The number of pyridine rings is 1. The van der Waals surface area contributed by atoms with Crippen LogP contribution in [0.25, 0.3) is 65.5 Å². The molecule has 0 N–H and O–H groups in total. The first kappa shape index (κ1) is 24.6. The first-order valence-electron chi connectivity index (χ1n) is 14.9.